The number of aromatic nitrogens is 4. The van der Waals surface area contributed by atoms with Crippen LogP contribution in [0.2, 0.25) is 0 Å². The fourth-order valence-electron chi connectivity index (χ4n) is 4.19. The zero-order valence-electron chi connectivity index (χ0n) is 17.7. The maximum Gasteiger partial charge on any atom is -0.870 e. The molecule has 1 aromatic heterocycles. The van der Waals surface area contributed by atoms with Crippen molar-refractivity contribution >= 4 is 13.3 Å². The third kappa shape index (κ3) is 3.95. The minimum Gasteiger partial charge on any atom is -0.870 e. The van der Waals surface area contributed by atoms with E-state index in [1.807, 2.05) is 83.5 Å². The number of rotatable bonds is 5. The molecule has 0 bridgehead atoms. The Morgan fingerprint density at radius 1 is 0.576 bits per heavy atom. The Morgan fingerprint density at radius 2 is 1.00 bits per heavy atom. The molecule has 0 aliphatic carbocycles. The molecule has 7 heteroatoms. The van der Waals surface area contributed by atoms with E-state index in [1.165, 1.54) is 0 Å². The van der Waals surface area contributed by atoms with Gasteiger partial charge in [-0.05, 0) is 0 Å². The van der Waals surface area contributed by atoms with Gasteiger partial charge in [-0.3, -0.25) is 0 Å². The molecule has 0 unspecified atom stereocenters. The van der Waals surface area contributed by atoms with Crippen LogP contribution in [0.25, 0.3) is 11.4 Å². The van der Waals surface area contributed by atoms with Gasteiger partial charge in [0.15, 0.2) is 0 Å². The van der Waals surface area contributed by atoms with E-state index < -0.39 is 5.54 Å². The zero-order chi connectivity index (χ0) is 21.1. The van der Waals surface area contributed by atoms with E-state index in [0.717, 1.165) is 22.3 Å². The standard InChI is InChI=1S/C26H19BN4.2H2O/c27-24-19-11-10-18-23(24)25-28-29-30-31(25)26(20-12-4-1-5-13-20,21-14-6-2-7-15-21)22-16-8-3-9-17-22;;/h1-19H;2*1H2/q+2;;/p-2. The largest absolute Gasteiger partial charge is 0.870 e. The van der Waals surface area contributed by atoms with Gasteiger partial charge in [-0.1, -0.05) is 0 Å². The monoisotopic (exact) mass is 432 g/mol. The first-order chi connectivity index (χ1) is 15.3. The van der Waals surface area contributed by atoms with E-state index in [0.29, 0.717) is 11.3 Å². The minimum atomic E-state index is -0.787. The topological polar surface area (TPSA) is 104 Å². The molecule has 0 aliphatic rings. The van der Waals surface area contributed by atoms with Gasteiger partial charge >= 0.3 is 182 Å². The average Bonchev–Trinajstić information content (AvgIpc) is 3.32. The van der Waals surface area contributed by atoms with Crippen molar-refractivity contribution in [2.75, 3.05) is 0 Å². The Hall–Kier alpha value is -4.07. The maximum atomic E-state index is 6.33. The number of nitrogens with zero attached hydrogens (tertiary/aromatic N) is 4. The summed E-state index contributed by atoms with van der Waals surface area (Å²) in [5.41, 5.74) is 3.79. The molecule has 6 nitrogen and oxygen atoms in total. The number of tetrazole rings is 1. The van der Waals surface area contributed by atoms with Crippen LogP contribution in [0.1, 0.15) is 16.7 Å². The quantitative estimate of drug-likeness (QED) is 0.312. The third-order valence-corrected chi connectivity index (χ3v) is 5.56. The summed E-state index contributed by atoms with van der Waals surface area (Å²) in [6.07, 6.45) is 0. The second-order valence-corrected chi connectivity index (χ2v) is 7.31. The Labute approximate surface area is 193 Å². The Kier molecular flexibility index (Phi) is 7.18. The first-order valence-corrected chi connectivity index (χ1v) is 10.1. The van der Waals surface area contributed by atoms with Crippen LogP contribution in [0.3, 0.4) is 0 Å². The molecule has 0 amide bonds. The van der Waals surface area contributed by atoms with Crippen molar-refractivity contribution in [3.05, 3.63) is 132 Å². The van der Waals surface area contributed by atoms with Gasteiger partial charge in [0.1, 0.15) is 0 Å². The van der Waals surface area contributed by atoms with E-state index in [9.17, 15) is 0 Å². The summed E-state index contributed by atoms with van der Waals surface area (Å²) in [7, 11) is 6.33. The van der Waals surface area contributed by atoms with E-state index in [1.54, 1.807) is 0 Å². The number of hydrogen-bond acceptors (Lipinski definition) is 5. The van der Waals surface area contributed by atoms with Gasteiger partial charge in [0, 0.05) is 0 Å². The predicted molar refractivity (Wildman–Crippen MR) is 127 cm³/mol. The Balaban J connectivity index is 0.00000153. The van der Waals surface area contributed by atoms with Crippen LogP contribution in [0.4, 0.5) is 0 Å². The van der Waals surface area contributed by atoms with Crippen LogP contribution in [0.5, 0.6) is 0 Å². The van der Waals surface area contributed by atoms with E-state index in [4.69, 9.17) is 7.85 Å². The maximum absolute atomic E-state index is 6.33. The summed E-state index contributed by atoms with van der Waals surface area (Å²) in [5, 5.41) is 13.0. The molecule has 2 N–H and O–H groups in total. The second-order valence-electron chi connectivity index (χ2n) is 7.31. The molecule has 0 saturated carbocycles. The summed E-state index contributed by atoms with van der Waals surface area (Å²) in [6.45, 7) is 0. The van der Waals surface area contributed by atoms with Gasteiger partial charge in [0.25, 0.3) is 0 Å². The van der Waals surface area contributed by atoms with Crippen molar-refractivity contribution in [3.8, 4) is 11.4 Å². The fourth-order valence-corrected chi connectivity index (χ4v) is 4.19. The van der Waals surface area contributed by atoms with Gasteiger partial charge in [-0.25, -0.2) is 0 Å². The first-order valence-electron chi connectivity index (χ1n) is 10.1. The van der Waals surface area contributed by atoms with Gasteiger partial charge in [0.05, 0.1) is 0 Å². The molecule has 0 aliphatic heterocycles. The van der Waals surface area contributed by atoms with E-state index in [-0.39, 0.29) is 11.0 Å². The van der Waals surface area contributed by atoms with Crippen molar-refractivity contribution in [3.63, 3.8) is 0 Å². The van der Waals surface area contributed by atoms with Gasteiger partial charge in [-0.15, -0.1) is 0 Å². The molecule has 0 fully saturated rings. The molecule has 33 heavy (non-hydrogen) atoms. The molecular weight excluding hydrogens is 411 g/mol. The number of hydrogen-bond donors (Lipinski definition) is 0. The van der Waals surface area contributed by atoms with Crippen molar-refractivity contribution in [2.24, 2.45) is 0 Å². The summed E-state index contributed by atoms with van der Waals surface area (Å²) >= 11 is 0. The number of benzene rings is 4. The van der Waals surface area contributed by atoms with Crippen molar-refractivity contribution in [1.82, 2.24) is 20.2 Å². The molecule has 160 valence electrons. The van der Waals surface area contributed by atoms with Gasteiger partial charge in [0.2, 0.25) is 0 Å². The summed E-state index contributed by atoms with van der Waals surface area (Å²) in [6, 6.07) is 38.6. The normalized spacial score (nSPS) is 10.7. The molecule has 0 saturated heterocycles. The fraction of sp³-hybridized carbons (Fsp3) is 0.0385. The Bertz CT molecular complexity index is 1200. The van der Waals surface area contributed by atoms with Crippen LogP contribution in [0.15, 0.2) is 115 Å². The van der Waals surface area contributed by atoms with Crippen LogP contribution < -0.4 is 5.46 Å². The van der Waals surface area contributed by atoms with Crippen LogP contribution in [0, 0.1) is 0 Å². The SMILES string of the molecule is [B+2]c1ccccc1-c1nnnn1C(c1ccccc1)(c1ccccc1)c1ccccc1.[OH-].[OH-]. The summed E-state index contributed by atoms with van der Waals surface area (Å²) < 4.78 is 1.89. The van der Waals surface area contributed by atoms with E-state index >= 15 is 0 Å². The van der Waals surface area contributed by atoms with Gasteiger partial charge < -0.3 is 11.0 Å². The first kappa shape index (κ1) is 23.6. The van der Waals surface area contributed by atoms with Crippen LogP contribution >= 0.6 is 0 Å². The summed E-state index contributed by atoms with van der Waals surface area (Å²) in [4.78, 5) is 0. The molecule has 0 radical (unpaired) electrons. The zero-order valence-corrected chi connectivity index (χ0v) is 17.7. The third-order valence-electron chi connectivity index (χ3n) is 5.56. The average molecular weight is 432 g/mol. The predicted octanol–water partition coefficient (Wildman–Crippen LogP) is 3.62. The van der Waals surface area contributed by atoms with Gasteiger partial charge in [-0.2, -0.15) is 0 Å². The molecule has 5 aromatic rings. The molecule has 0 spiro atoms. The Morgan fingerprint density at radius 3 is 1.45 bits per heavy atom. The molecule has 0 atom stereocenters. The second kappa shape index (κ2) is 10.0. The smallest absolute Gasteiger partial charge is 0.870 e. The minimum absolute atomic E-state index is 0. The van der Waals surface area contributed by atoms with Crippen molar-refractivity contribution < 1.29 is 11.0 Å². The molecular formula is C26H21BN4O2. The summed E-state index contributed by atoms with van der Waals surface area (Å²) in [5.74, 6) is 0.606. The van der Waals surface area contributed by atoms with Crippen LogP contribution in [-0.4, -0.2) is 39.0 Å². The molecule has 5 rings (SSSR count). The van der Waals surface area contributed by atoms with Crippen molar-refractivity contribution in [1.29, 1.82) is 0 Å². The molecule has 1 heterocycles. The molecule has 4 aromatic carbocycles. The van der Waals surface area contributed by atoms with E-state index in [2.05, 4.69) is 51.9 Å². The van der Waals surface area contributed by atoms with Crippen LogP contribution in [-0.2, 0) is 5.54 Å². The van der Waals surface area contributed by atoms with Crippen molar-refractivity contribution in [2.45, 2.75) is 5.54 Å².